The summed E-state index contributed by atoms with van der Waals surface area (Å²) in [5.41, 5.74) is 0.981. The number of hydrogen-bond acceptors (Lipinski definition) is 4. The average Bonchev–Trinajstić information content (AvgIpc) is 2.64. The second-order valence-electron chi connectivity index (χ2n) is 3.37. The lowest BCUT2D eigenvalue weighted by molar-refractivity contribution is -0.143. The molecule has 1 N–H and O–H groups in total. The van der Waals surface area contributed by atoms with E-state index >= 15 is 0 Å². The highest BCUT2D eigenvalue weighted by Crippen LogP contribution is 1.99. The molecular weight excluding hydrogens is 194 g/mol. The van der Waals surface area contributed by atoms with Gasteiger partial charge in [-0.2, -0.15) is 5.10 Å². The Labute approximate surface area is 89.4 Å². The SMILES string of the molecule is CNC(CCn1ccc(C)n1)C(=O)OC. The summed E-state index contributed by atoms with van der Waals surface area (Å²) < 4.78 is 6.49. The number of likely N-dealkylation sites (N-methyl/N-ethyl adjacent to an activating group) is 1. The summed E-state index contributed by atoms with van der Waals surface area (Å²) in [6.45, 7) is 2.64. The van der Waals surface area contributed by atoms with Crippen LogP contribution in [-0.4, -0.2) is 35.9 Å². The third kappa shape index (κ3) is 3.36. The Kier molecular flexibility index (Phi) is 4.30. The van der Waals surface area contributed by atoms with Crippen LogP contribution < -0.4 is 5.32 Å². The number of aromatic nitrogens is 2. The molecule has 1 heterocycles. The zero-order chi connectivity index (χ0) is 11.3. The van der Waals surface area contributed by atoms with Crippen LogP contribution in [0.25, 0.3) is 0 Å². The quantitative estimate of drug-likeness (QED) is 0.714. The fraction of sp³-hybridized carbons (Fsp3) is 0.600. The van der Waals surface area contributed by atoms with Gasteiger partial charge in [0.2, 0.25) is 0 Å². The normalized spacial score (nSPS) is 12.5. The van der Waals surface area contributed by atoms with E-state index in [-0.39, 0.29) is 12.0 Å². The van der Waals surface area contributed by atoms with E-state index in [1.165, 1.54) is 7.11 Å². The van der Waals surface area contributed by atoms with Crippen molar-refractivity contribution in [3.05, 3.63) is 18.0 Å². The molecule has 1 unspecified atom stereocenters. The molecule has 5 nitrogen and oxygen atoms in total. The molecule has 0 radical (unpaired) electrons. The lowest BCUT2D eigenvalue weighted by atomic mass is 10.2. The van der Waals surface area contributed by atoms with E-state index in [1.54, 1.807) is 7.05 Å². The Morgan fingerprint density at radius 1 is 1.73 bits per heavy atom. The molecule has 1 atom stereocenters. The van der Waals surface area contributed by atoms with Crippen molar-refractivity contribution >= 4 is 5.97 Å². The molecule has 84 valence electrons. The Bertz CT molecular complexity index is 322. The molecule has 0 aliphatic rings. The van der Waals surface area contributed by atoms with Crippen LogP contribution in [-0.2, 0) is 16.1 Å². The van der Waals surface area contributed by atoms with Gasteiger partial charge in [-0.3, -0.25) is 9.48 Å². The summed E-state index contributed by atoms with van der Waals surface area (Å²) in [7, 11) is 3.14. The van der Waals surface area contributed by atoms with Gasteiger partial charge in [-0.05, 0) is 26.5 Å². The maximum absolute atomic E-state index is 11.3. The minimum absolute atomic E-state index is 0.235. The highest BCUT2D eigenvalue weighted by molar-refractivity contribution is 5.75. The summed E-state index contributed by atoms with van der Waals surface area (Å²) in [5.74, 6) is -0.235. The summed E-state index contributed by atoms with van der Waals surface area (Å²) in [6.07, 6.45) is 2.57. The minimum atomic E-state index is -0.264. The molecule has 0 aromatic carbocycles. The summed E-state index contributed by atoms with van der Waals surface area (Å²) in [6, 6.07) is 1.67. The molecule has 0 spiro atoms. The van der Waals surface area contributed by atoms with E-state index in [9.17, 15) is 4.79 Å². The van der Waals surface area contributed by atoms with Gasteiger partial charge in [-0.1, -0.05) is 0 Å². The van der Waals surface area contributed by atoms with Gasteiger partial charge in [0.15, 0.2) is 0 Å². The van der Waals surface area contributed by atoms with Gasteiger partial charge in [-0.25, -0.2) is 0 Å². The molecule has 0 fully saturated rings. The minimum Gasteiger partial charge on any atom is -0.468 e. The predicted octanol–water partition coefficient (Wildman–Crippen LogP) is 0.343. The highest BCUT2D eigenvalue weighted by atomic mass is 16.5. The van der Waals surface area contributed by atoms with Gasteiger partial charge in [0.05, 0.1) is 12.8 Å². The number of nitrogens with one attached hydrogen (secondary N) is 1. The third-order valence-electron chi connectivity index (χ3n) is 2.26. The van der Waals surface area contributed by atoms with Gasteiger partial charge in [-0.15, -0.1) is 0 Å². The maximum atomic E-state index is 11.3. The van der Waals surface area contributed by atoms with Gasteiger partial charge < -0.3 is 10.1 Å². The second-order valence-corrected chi connectivity index (χ2v) is 3.37. The van der Waals surface area contributed by atoms with E-state index in [1.807, 2.05) is 23.9 Å². The molecule has 0 bridgehead atoms. The van der Waals surface area contributed by atoms with Crippen molar-refractivity contribution in [1.29, 1.82) is 0 Å². The molecule has 0 saturated heterocycles. The zero-order valence-electron chi connectivity index (χ0n) is 9.36. The zero-order valence-corrected chi connectivity index (χ0v) is 9.36. The molecular formula is C10H17N3O2. The largest absolute Gasteiger partial charge is 0.468 e. The lowest BCUT2D eigenvalue weighted by Gasteiger charge is -2.13. The third-order valence-corrected chi connectivity index (χ3v) is 2.26. The lowest BCUT2D eigenvalue weighted by Crippen LogP contribution is -2.35. The first-order chi connectivity index (χ1) is 7.17. The van der Waals surface area contributed by atoms with E-state index in [0.717, 1.165) is 5.69 Å². The second kappa shape index (κ2) is 5.50. The standard InChI is InChI=1S/C10H17N3O2/c1-8-4-6-13(12-8)7-5-9(11-2)10(14)15-3/h4,6,9,11H,5,7H2,1-3H3. The van der Waals surface area contributed by atoms with Crippen molar-refractivity contribution in [1.82, 2.24) is 15.1 Å². The number of aryl methyl sites for hydroxylation is 2. The van der Waals surface area contributed by atoms with Gasteiger partial charge >= 0.3 is 5.97 Å². The highest BCUT2D eigenvalue weighted by Gasteiger charge is 2.16. The van der Waals surface area contributed by atoms with Crippen molar-refractivity contribution < 1.29 is 9.53 Å². The van der Waals surface area contributed by atoms with Gasteiger partial charge in [0.1, 0.15) is 6.04 Å². The summed E-state index contributed by atoms with van der Waals surface area (Å²) in [5, 5.41) is 7.15. The Morgan fingerprint density at radius 3 is 2.93 bits per heavy atom. The maximum Gasteiger partial charge on any atom is 0.322 e. The number of rotatable bonds is 5. The molecule has 0 amide bonds. The van der Waals surface area contributed by atoms with Crippen molar-refractivity contribution in [2.24, 2.45) is 0 Å². The van der Waals surface area contributed by atoms with Crippen molar-refractivity contribution in [2.45, 2.75) is 25.9 Å². The van der Waals surface area contributed by atoms with Crippen molar-refractivity contribution in [2.75, 3.05) is 14.2 Å². The molecule has 0 saturated carbocycles. The fourth-order valence-corrected chi connectivity index (χ4v) is 1.37. The van der Waals surface area contributed by atoms with Crippen LogP contribution >= 0.6 is 0 Å². The van der Waals surface area contributed by atoms with E-state index in [4.69, 9.17) is 0 Å². The van der Waals surface area contributed by atoms with Crippen LogP contribution in [0.5, 0.6) is 0 Å². The number of ether oxygens (including phenoxy) is 1. The van der Waals surface area contributed by atoms with Gasteiger partial charge in [0, 0.05) is 12.7 Å². The summed E-state index contributed by atoms with van der Waals surface area (Å²) in [4.78, 5) is 11.3. The van der Waals surface area contributed by atoms with Gasteiger partial charge in [0.25, 0.3) is 0 Å². The smallest absolute Gasteiger partial charge is 0.322 e. The molecule has 1 aromatic heterocycles. The number of methoxy groups -OCH3 is 1. The van der Waals surface area contributed by atoms with Crippen LogP contribution in [0.4, 0.5) is 0 Å². The first-order valence-corrected chi connectivity index (χ1v) is 4.92. The average molecular weight is 211 g/mol. The molecule has 0 aliphatic carbocycles. The van der Waals surface area contributed by atoms with Crippen LogP contribution in [0.15, 0.2) is 12.3 Å². The Morgan fingerprint density at radius 2 is 2.47 bits per heavy atom. The van der Waals surface area contributed by atoms with Crippen LogP contribution in [0.1, 0.15) is 12.1 Å². The Balaban J connectivity index is 2.44. The first kappa shape index (κ1) is 11.7. The molecule has 1 aromatic rings. The number of nitrogens with zero attached hydrogens (tertiary/aromatic N) is 2. The van der Waals surface area contributed by atoms with E-state index < -0.39 is 0 Å². The molecule has 5 heteroatoms. The number of hydrogen-bond donors (Lipinski definition) is 1. The molecule has 0 aliphatic heterocycles. The summed E-state index contributed by atoms with van der Waals surface area (Å²) >= 11 is 0. The first-order valence-electron chi connectivity index (χ1n) is 4.92. The van der Waals surface area contributed by atoms with E-state index in [2.05, 4.69) is 15.2 Å². The molecule has 15 heavy (non-hydrogen) atoms. The molecule has 1 rings (SSSR count). The van der Waals surface area contributed by atoms with Crippen molar-refractivity contribution in [3.63, 3.8) is 0 Å². The Hall–Kier alpha value is -1.36. The van der Waals surface area contributed by atoms with Crippen LogP contribution in [0, 0.1) is 6.92 Å². The number of carbonyl (C=O) groups excluding carboxylic acids is 1. The monoisotopic (exact) mass is 211 g/mol. The number of esters is 1. The number of carbonyl (C=O) groups is 1. The van der Waals surface area contributed by atoms with Crippen LogP contribution in [0.2, 0.25) is 0 Å². The van der Waals surface area contributed by atoms with Crippen molar-refractivity contribution in [3.8, 4) is 0 Å². The predicted molar refractivity (Wildman–Crippen MR) is 56.4 cm³/mol. The van der Waals surface area contributed by atoms with E-state index in [0.29, 0.717) is 13.0 Å². The fourth-order valence-electron chi connectivity index (χ4n) is 1.37. The van der Waals surface area contributed by atoms with Crippen LogP contribution in [0.3, 0.4) is 0 Å². The topological polar surface area (TPSA) is 56.2 Å².